The van der Waals surface area contributed by atoms with Gasteiger partial charge in [0.05, 0.1) is 17.2 Å². The predicted octanol–water partition coefficient (Wildman–Crippen LogP) is 4.82. The zero-order valence-electron chi connectivity index (χ0n) is 20.6. The Morgan fingerprint density at radius 2 is 1.94 bits per heavy atom. The highest BCUT2D eigenvalue weighted by Crippen LogP contribution is 2.61. The van der Waals surface area contributed by atoms with Crippen LogP contribution in [0.25, 0.3) is 16.5 Å². The summed E-state index contributed by atoms with van der Waals surface area (Å²) < 4.78 is 0. The van der Waals surface area contributed by atoms with Gasteiger partial charge in [0.1, 0.15) is 6.33 Å². The summed E-state index contributed by atoms with van der Waals surface area (Å²) in [6, 6.07) is 6.45. The van der Waals surface area contributed by atoms with E-state index >= 15 is 0 Å². The average Bonchev–Trinajstić information content (AvgIpc) is 3.11. The number of benzene rings is 1. The monoisotopic (exact) mass is 459 g/mol. The van der Waals surface area contributed by atoms with Gasteiger partial charge in [-0.2, -0.15) is 0 Å². The quantitative estimate of drug-likeness (QED) is 0.570. The summed E-state index contributed by atoms with van der Waals surface area (Å²) in [5.41, 5.74) is 5.10. The minimum absolute atomic E-state index is 0.0882. The molecule has 4 aliphatic carbocycles. The minimum Gasteiger partial charge on any atom is -0.393 e. The van der Waals surface area contributed by atoms with Gasteiger partial charge in [-0.15, -0.1) is 0 Å². The van der Waals surface area contributed by atoms with Crippen molar-refractivity contribution in [2.24, 2.45) is 17.3 Å². The van der Waals surface area contributed by atoms with E-state index < -0.39 is 5.60 Å². The first-order valence-corrected chi connectivity index (χ1v) is 12.7. The van der Waals surface area contributed by atoms with Crippen LogP contribution < -0.4 is 5.32 Å². The van der Waals surface area contributed by atoms with Crippen LogP contribution in [0.5, 0.6) is 0 Å². The number of fused-ring (bicyclic) bond motifs is 5. The molecule has 2 aromatic rings. The molecule has 5 nitrogen and oxygen atoms in total. The topological polar surface area (TPSA) is 78.3 Å². The molecule has 0 spiro atoms. The van der Waals surface area contributed by atoms with Crippen molar-refractivity contribution in [3.63, 3.8) is 0 Å². The number of aliphatic hydroxyl groups is 2. The summed E-state index contributed by atoms with van der Waals surface area (Å²) in [5, 5.41) is 26.1. The molecule has 0 radical (unpaired) electrons. The maximum absolute atomic E-state index is 12.1. The third-order valence-electron chi connectivity index (χ3n) is 8.64. The Morgan fingerprint density at radius 3 is 2.76 bits per heavy atom. The second-order valence-electron chi connectivity index (χ2n) is 10.8. The first-order valence-electron chi connectivity index (χ1n) is 12.7. The molecule has 1 heterocycles. The fourth-order valence-electron chi connectivity index (χ4n) is 6.91. The summed E-state index contributed by atoms with van der Waals surface area (Å²) in [5.74, 6) is 0.694. The fraction of sp³-hybridized carbons (Fsp3) is 0.517. The molecule has 5 atom stereocenters. The Balaban J connectivity index is 0.000000764. The van der Waals surface area contributed by atoms with E-state index in [1.807, 2.05) is 20.3 Å². The normalized spacial score (nSPS) is 34.4. The van der Waals surface area contributed by atoms with Gasteiger partial charge in [-0.05, 0) is 93.8 Å². The van der Waals surface area contributed by atoms with E-state index in [1.54, 1.807) is 6.33 Å². The average molecular weight is 460 g/mol. The number of aromatic nitrogens is 2. The highest BCUT2D eigenvalue weighted by molar-refractivity contribution is 5.84. The zero-order chi connectivity index (χ0) is 23.9. The van der Waals surface area contributed by atoms with E-state index in [1.165, 1.54) is 16.7 Å². The van der Waals surface area contributed by atoms with Crippen LogP contribution in [0.4, 0.5) is 0 Å². The SMILES string of the molecule is CC12CC=C3C=C4CC(O)CCC4CC[C@]3(O)C1CC=C2c1ccc2ncncc2c1.CNC. The first-order chi connectivity index (χ1) is 16.4. The number of aliphatic hydroxyl groups excluding tert-OH is 1. The Hall–Kier alpha value is -2.34. The highest BCUT2D eigenvalue weighted by Gasteiger charge is 2.55. The molecule has 4 unspecified atom stereocenters. The molecule has 0 aliphatic heterocycles. The van der Waals surface area contributed by atoms with Gasteiger partial charge in [0.15, 0.2) is 0 Å². The Labute approximate surface area is 202 Å². The molecule has 0 saturated heterocycles. The molecule has 1 aromatic heterocycles. The molecular formula is C29H37N3O2. The van der Waals surface area contributed by atoms with E-state index in [0.717, 1.165) is 61.4 Å². The van der Waals surface area contributed by atoms with Gasteiger partial charge in [0, 0.05) is 22.9 Å². The van der Waals surface area contributed by atoms with E-state index in [0.29, 0.717) is 5.92 Å². The van der Waals surface area contributed by atoms with E-state index in [-0.39, 0.29) is 17.4 Å². The lowest BCUT2D eigenvalue weighted by Gasteiger charge is -2.48. The smallest absolute Gasteiger partial charge is 0.116 e. The van der Waals surface area contributed by atoms with Crippen LogP contribution in [0, 0.1) is 17.3 Å². The molecule has 34 heavy (non-hydrogen) atoms. The number of hydrogen-bond acceptors (Lipinski definition) is 5. The number of nitrogens with one attached hydrogen (secondary N) is 1. The summed E-state index contributed by atoms with van der Waals surface area (Å²) in [6.07, 6.45) is 16.5. The van der Waals surface area contributed by atoms with Gasteiger partial charge < -0.3 is 15.5 Å². The van der Waals surface area contributed by atoms with Gasteiger partial charge in [0.25, 0.3) is 0 Å². The molecular weight excluding hydrogens is 422 g/mol. The van der Waals surface area contributed by atoms with Crippen molar-refractivity contribution >= 4 is 16.5 Å². The molecule has 3 N–H and O–H groups in total. The second kappa shape index (κ2) is 9.03. The summed E-state index contributed by atoms with van der Waals surface area (Å²) >= 11 is 0. The third-order valence-corrected chi connectivity index (χ3v) is 8.64. The van der Waals surface area contributed by atoms with E-state index in [4.69, 9.17) is 0 Å². The van der Waals surface area contributed by atoms with Gasteiger partial charge in [-0.3, -0.25) is 0 Å². The molecule has 1 fully saturated rings. The lowest BCUT2D eigenvalue weighted by molar-refractivity contribution is -0.0330. The molecule has 1 aromatic carbocycles. The van der Waals surface area contributed by atoms with Gasteiger partial charge in [0.2, 0.25) is 0 Å². The van der Waals surface area contributed by atoms with Crippen LogP contribution in [0.1, 0.15) is 57.4 Å². The summed E-state index contributed by atoms with van der Waals surface area (Å²) in [4.78, 5) is 8.55. The van der Waals surface area contributed by atoms with Crippen molar-refractivity contribution in [3.05, 3.63) is 65.7 Å². The molecule has 1 saturated carbocycles. The number of hydrogen-bond donors (Lipinski definition) is 3. The van der Waals surface area contributed by atoms with Crippen LogP contribution in [0.3, 0.4) is 0 Å². The Kier molecular flexibility index (Phi) is 6.21. The molecule has 0 bridgehead atoms. The summed E-state index contributed by atoms with van der Waals surface area (Å²) in [6.45, 7) is 2.34. The van der Waals surface area contributed by atoms with Crippen LogP contribution in [0.15, 0.2) is 60.1 Å². The number of nitrogens with zero attached hydrogens (tertiary/aromatic N) is 2. The minimum atomic E-state index is -0.791. The first kappa shape index (κ1) is 23.4. The van der Waals surface area contributed by atoms with Crippen LogP contribution in [0.2, 0.25) is 0 Å². The van der Waals surface area contributed by atoms with E-state index in [9.17, 15) is 10.2 Å². The fourth-order valence-corrected chi connectivity index (χ4v) is 6.91. The summed E-state index contributed by atoms with van der Waals surface area (Å²) in [7, 11) is 3.75. The molecule has 180 valence electrons. The largest absolute Gasteiger partial charge is 0.393 e. The van der Waals surface area contributed by atoms with Crippen molar-refractivity contribution in [1.82, 2.24) is 15.3 Å². The Bertz CT molecular complexity index is 1170. The Morgan fingerprint density at radius 1 is 1.12 bits per heavy atom. The van der Waals surface area contributed by atoms with Crippen LogP contribution in [-0.4, -0.2) is 46.0 Å². The highest BCUT2D eigenvalue weighted by atomic mass is 16.3. The number of allylic oxidation sites excluding steroid dienone is 3. The number of rotatable bonds is 1. The maximum atomic E-state index is 12.1. The second-order valence-corrected chi connectivity index (χ2v) is 10.8. The van der Waals surface area contributed by atoms with Crippen molar-refractivity contribution in [2.75, 3.05) is 14.1 Å². The van der Waals surface area contributed by atoms with Crippen molar-refractivity contribution < 1.29 is 10.2 Å². The maximum Gasteiger partial charge on any atom is 0.116 e. The lowest BCUT2D eigenvalue weighted by atomic mass is 9.58. The van der Waals surface area contributed by atoms with Crippen molar-refractivity contribution in [3.8, 4) is 0 Å². The predicted molar refractivity (Wildman–Crippen MR) is 137 cm³/mol. The third kappa shape index (κ3) is 3.84. The van der Waals surface area contributed by atoms with Gasteiger partial charge >= 0.3 is 0 Å². The van der Waals surface area contributed by atoms with Crippen molar-refractivity contribution in [2.45, 2.75) is 63.6 Å². The van der Waals surface area contributed by atoms with Gasteiger partial charge in [-0.25, -0.2) is 9.97 Å². The van der Waals surface area contributed by atoms with Gasteiger partial charge in [-0.1, -0.05) is 36.8 Å². The molecule has 6 rings (SSSR count). The van der Waals surface area contributed by atoms with Crippen LogP contribution in [-0.2, 0) is 0 Å². The zero-order valence-corrected chi connectivity index (χ0v) is 20.6. The molecule has 4 aliphatic rings. The molecule has 5 heteroatoms. The molecule has 0 amide bonds. The van der Waals surface area contributed by atoms with Crippen LogP contribution >= 0.6 is 0 Å². The van der Waals surface area contributed by atoms with Crippen molar-refractivity contribution in [1.29, 1.82) is 0 Å². The van der Waals surface area contributed by atoms with E-state index in [2.05, 4.69) is 58.6 Å². The lowest BCUT2D eigenvalue weighted by Crippen LogP contribution is -2.48. The standard InChI is InChI=1S/C27H30N2O2.C2H7N/c1-26-10-9-21-13-19-14-22(30)4-2-17(19)8-11-27(21,31)25(26)7-5-23(26)18-3-6-24-20(12-18)15-28-16-29-24;1-3-2/h3,5-6,9,12-13,15-17,22,25,30-31H,2,4,7-8,10-11,14H2,1H3;3H,1-2H3/t17?,22?,25?,26?,27-;/m1./s1.